The van der Waals surface area contributed by atoms with Crippen LogP contribution in [0.1, 0.15) is 47.4 Å². The van der Waals surface area contributed by atoms with Crippen LogP contribution in [0.5, 0.6) is 11.5 Å². The Morgan fingerprint density at radius 3 is 2.59 bits per heavy atom. The van der Waals surface area contributed by atoms with Gasteiger partial charge in [0.25, 0.3) is 11.8 Å². The van der Waals surface area contributed by atoms with E-state index < -0.39 is 0 Å². The number of anilines is 1. The summed E-state index contributed by atoms with van der Waals surface area (Å²) >= 11 is 0. The Hall–Kier alpha value is -3.10. The van der Waals surface area contributed by atoms with Crippen LogP contribution in [-0.2, 0) is 4.74 Å². The molecule has 2 aromatic rings. The third-order valence-corrected chi connectivity index (χ3v) is 7.36. The number of likely N-dealkylation sites (N-methyl/N-ethyl adjacent to an activating group) is 1. The number of benzene rings is 2. The first-order chi connectivity index (χ1) is 17.8. The number of fused-ring (bicyclic) bond motifs is 1. The minimum absolute atomic E-state index is 0.0759. The molecule has 0 spiro atoms. The normalized spacial score (nSPS) is 23.3. The average molecular weight is 510 g/mol. The molecule has 1 aliphatic heterocycles. The maximum atomic E-state index is 13.4. The van der Waals surface area contributed by atoms with E-state index in [1.165, 1.54) is 12.8 Å². The lowest BCUT2D eigenvalue weighted by atomic mass is 10.0. The van der Waals surface area contributed by atoms with Crippen molar-refractivity contribution in [3.05, 3.63) is 53.6 Å². The summed E-state index contributed by atoms with van der Waals surface area (Å²) in [6, 6.07) is 12.3. The molecule has 1 saturated carbocycles. The van der Waals surface area contributed by atoms with E-state index in [4.69, 9.17) is 14.2 Å². The first-order valence-electron chi connectivity index (χ1n) is 13.0. The molecule has 200 valence electrons. The minimum Gasteiger partial charge on any atom is -0.497 e. The van der Waals surface area contributed by atoms with Crippen LogP contribution in [0.2, 0.25) is 0 Å². The van der Waals surface area contributed by atoms with Gasteiger partial charge in [0.05, 0.1) is 18.8 Å². The molecule has 0 bridgehead atoms. The number of amides is 2. The zero-order chi connectivity index (χ0) is 26.5. The number of hydrogen-bond acceptors (Lipinski definition) is 6. The number of carbonyl (C=O) groups excluding carboxylic acids is 2. The van der Waals surface area contributed by atoms with Crippen molar-refractivity contribution < 1.29 is 23.8 Å². The molecule has 1 heterocycles. The third kappa shape index (κ3) is 6.81. The third-order valence-electron chi connectivity index (χ3n) is 7.36. The highest BCUT2D eigenvalue weighted by molar-refractivity contribution is 6.05. The summed E-state index contributed by atoms with van der Waals surface area (Å²) in [5, 5.41) is 2.92. The van der Waals surface area contributed by atoms with Crippen molar-refractivity contribution in [2.75, 3.05) is 52.8 Å². The first-order valence-corrected chi connectivity index (χ1v) is 13.0. The van der Waals surface area contributed by atoms with Crippen molar-refractivity contribution >= 4 is 17.5 Å². The van der Waals surface area contributed by atoms with Crippen LogP contribution in [-0.4, -0.2) is 81.3 Å². The van der Waals surface area contributed by atoms with Crippen LogP contribution < -0.4 is 14.8 Å². The van der Waals surface area contributed by atoms with Gasteiger partial charge in [-0.3, -0.25) is 14.5 Å². The fourth-order valence-electron chi connectivity index (χ4n) is 4.78. The highest BCUT2D eigenvalue weighted by Gasteiger charge is 2.31. The molecule has 0 saturated heterocycles. The van der Waals surface area contributed by atoms with Gasteiger partial charge in [-0.05, 0) is 61.9 Å². The molecule has 8 heteroatoms. The van der Waals surface area contributed by atoms with E-state index in [1.807, 2.05) is 0 Å². The van der Waals surface area contributed by atoms with Crippen molar-refractivity contribution in [2.45, 2.75) is 38.8 Å². The summed E-state index contributed by atoms with van der Waals surface area (Å²) < 4.78 is 17.3. The molecular formula is C29H39N3O5. The second-order valence-corrected chi connectivity index (χ2v) is 10.4. The average Bonchev–Trinajstić information content (AvgIpc) is 3.73. The van der Waals surface area contributed by atoms with Gasteiger partial charge in [-0.25, -0.2) is 0 Å². The van der Waals surface area contributed by atoms with Gasteiger partial charge >= 0.3 is 0 Å². The fraction of sp³-hybridized carbons (Fsp3) is 0.517. The number of methoxy groups -OCH3 is 2. The molecule has 0 aromatic heterocycles. The molecule has 3 atom stereocenters. The van der Waals surface area contributed by atoms with Crippen molar-refractivity contribution in [3.8, 4) is 11.5 Å². The van der Waals surface area contributed by atoms with E-state index >= 15 is 0 Å². The Kier molecular flexibility index (Phi) is 8.71. The molecule has 1 N–H and O–H groups in total. The minimum atomic E-state index is -0.267. The van der Waals surface area contributed by atoms with Crippen LogP contribution in [0.4, 0.5) is 5.69 Å². The fourth-order valence-corrected chi connectivity index (χ4v) is 4.78. The summed E-state index contributed by atoms with van der Waals surface area (Å²) in [5.41, 5.74) is 1.50. The standard InChI is InChI=1S/C29H39N3O5/c1-19-15-32(16-21-9-10-21)20(2)18-37-26-14-23(30-28(33)22-7-6-8-24(13-22)35-4)11-12-25(26)29(34)31(3)17-27(19)36-5/h6-8,11-14,19-21,27H,9-10,15-18H2,1-5H3,(H,30,33)/t19-,20-,27-/m0/s1. The summed E-state index contributed by atoms with van der Waals surface area (Å²) in [5.74, 6) is 1.67. The van der Waals surface area contributed by atoms with Crippen LogP contribution in [0.25, 0.3) is 0 Å². The van der Waals surface area contributed by atoms with Gasteiger partial charge in [0.2, 0.25) is 0 Å². The lowest BCUT2D eigenvalue weighted by molar-refractivity contribution is 0.00994. The Morgan fingerprint density at radius 1 is 1.11 bits per heavy atom. The maximum Gasteiger partial charge on any atom is 0.257 e. The largest absolute Gasteiger partial charge is 0.497 e. The topological polar surface area (TPSA) is 80.3 Å². The number of ether oxygens (including phenoxy) is 3. The number of carbonyl (C=O) groups is 2. The van der Waals surface area contributed by atoms with Gasteiger partial charge in [0.1, 0.15) is 18.1 Å². The quantitative estimate of drug-likeness (QED) is 0.630. The van der Waals surface area contributed by atoms with E-state index in [9.17, 15) is 9.59 Å². The van der Waals surface area contributed by atoms with Crippen molar-refractivity contribution in [3.63, 3.8) is 0 Å². The van der Waals surface area contributed by atoms with Crippen molar-refractivity contribution in [1.82, 2.24) is 9.80 Å². The maximum absolute atomic E-state index is 13.4. The van der Waals surface area contributed by atoms with Crippen molar-refractivity contribution in [2.24, 2.45) is 11.8 Å². The Morgan fingerprint density at radius 2 is 1.89 bits per heavy atom. The SMILES string of the molecule is COc1cccc(C(=O)Nc2ccc3c(c2)OC[C@H](C)N(CC2CC2)C[C@H](C)[C@@H](OC)CN(C)C3=O)c1. The van der Waals surface area contributed by atoms with Gasteiger partial charge in [-0.1, -0.05) is 13.0 Å². The first kappa shape index (κ1) is 26.9. The molecule has 2 aromatic carbocycles. The Bertz CT molecular complexity index is 1100. The molecule has 1 fully saturated rings. The second-order valence-electron chi connectivity index (χ2n) is 10.4. The highest BCUT2D eigenvalue weighted by atomic mass is 16.5. The zero-order valence-electron chi connectivity index (χ0n) is 22.5. The van der Waals surface area contributed by atoms with Gasteiger partial charge in [-0.2, -0.15) is 0 Å². The smallest absolute Gasteiger partial charge is 0.257 e. The van der Waals surface area contributed by atoms with E-state index in [1.54, 1.807) is 68.6 Å². The summed E-state index contributed by atoms with van der Waals surface area (Å²) in [6.07, 6.45) is 2.48. The molecule has 2 amide bonds. The van der Waals surface area contributed by atoms with Gasteiger partial charge in [0.15, 0.2) is 0 Å². The molecule has 4 rings (SSSR count). The monoisotopic (exact) mass is 509 g/mol. The molecule has 0 unspecified atom stereocenters. The molecule has 2 aliphatic rings. The molecule has 1 aliphatic carbocycles. The molecule has 8 nitrogen and oxygen atoms in total. The predicted octanol–water partition coefficient (Wildman–Crippen LogP) is 4.16. The lowest BCUT2D eigenvalue weighted by Crippen LogP contribution is -2.47. The second kappa shape index (κ2) is 12.0. The number of rotatable bonds is 6. The number of hydrogen-bond donors (Lipinski definition) is 1. The summed E-state index contributed by atoms with van der Waals surface area (Å²) in [7, 11) is 5.07. The van der Waals surface area contributed by atoms with E-state index in [0.29, 0.717) is 41.5 Å². The molecular weight excluding hydrogens is 470 g/mol. The lowest BCUT2D eigenvalue weighted by Gasteiger charge is -2.36. The van der Waals surface area contributed by atoms with Crippen LogP contribution in [0.15, 0.2) is 42.5 Å². The van der Waals surface area contributed by atoms with E-state index in [0.717, 1.165) is 19.0 Å². The predicted molar refractivity (Wildman–Crippen MR) is 144 cm³/mol. The number of nitrogens with one attached hydrogen (secondary N) is 1. The van der Waals surface area contributed by atoms with Crippen LogP contribution >= 0.6 is 0 Å². The summed E-state index contributed by atoms with van der Waals surface area (Å²) in [6.45, 7) is 7.21. The summed E-state index contributed by atoms with van der Waals surface area (Å²) in [4.78, 5) is 30.5. The van der Waals surface area contributed by atoms with Gasteiger partial charge < -0.3 is 24.4 Å². The van der Waals surface area contributed by atoms with Crippen LogP contribution in [0, 0.1) is 11.8 Å². The number of nitrogens with zero attached hydrogens (tertiary/aromatic N) is 2. The Balaban J connectivity index is 1.60. The van der Waals surface area contributed by atoms with Crippen molar-refractivity contribution in [1.29, 1.82) is 0 Å². The Labute approximate surface area is 219 Å². The molecule has 0 radical (unpaired) electrons. The van der Waals surface area contributed by atoms with Gasteiger partial charge in [0, 0.05) is 57.2 Å². The van der Waals surface area contributed by atoms with Gasteiger partial charge in [-0.15, -0.1) is 0 Å². The zero-order valence-corrected chi connectivity index (χ0v) is 22.5. The highest BCUT2D eigenvalue weighted by Crippen LogP contribution is 2.32. The van der Waals surface area contributed by atoms with E-state index in [2.05, 4.69) is 24.1 Å². The van der Waals surface area contributed by atoms with Crippen LogP contribution in [0.3, 0.4) is 0 Å². The van der Waals surface area contributed by atoms with E-state index in [-0.39, 0.29) is 29.9 Å². The molecule has 37 heavy (non-hydrogen) atoms.